The average Bonchev–Trinajstić information content (AvgIpc) is 3.33. The van der Waals surface area contributed by atoms with Crippen LogP contribution in [0.5, 0.6) is 0 Å². The van der Waals surface area contributed by atoms with Crippen LogP contribution in [0.15, 0.2) is 79.3 Å². The predicted octanol–water partition coefficient (Wildman–Crippen LogP) is 7.48. The standard InChI is InChI=1S/C29H22Cl2F3N3O/c1-17-3-5-18(6-4-17)13-23-26(30)22-14-21(11-12-24(22)36-27(23)31)28(38,25-15-35-16-37(25)2)19-7-9-20(10-8-19)29(32,33)34/h3-12,14-16,38H,13H2,1-2H3. The monoisotopic (exact) mass is 555 g/mol. The van der Waals surface area contributed by atoms with Gasteiger partial charge in [-0.3, -0.25) is 0 Å². The van der Waals surface area contributed by atoms with Crippen LogP contribution in [0.4, 0.5) is 13.2 Å². The second-order valence-electron chi connectivity index (χ2n) is 9.26. The number of rotatable bonds is 5. The lowest BCUT2D eigenvalue weighted by Gasteiger charge is -2.30. The smallest absolute Gasteiger partial charge is 0.374 e. The number of fused-ring (bicyclic) bond motifs is 1. The zero-order chi connectivity index (χ0) is 27.2. The molecule has 0 aliphatic heterocycles. The highest BCUT2D eigenvalue weighted by atomic mass is 35.5. The van der Waals surface area contributed by atoms with Gasteiger partial charge in [0.25, 0.3) is 0 Å². The highest BCUT2D eigenvalue weighted by molar-refractivity contribution is 6.39. The number of benzene rings is 3. The second-order valence-corrected chi connectivity index (χ2v) is 10.0. The first-order valence-electron chi connectivity index (χ1n) is 11.7. The van der Waals surface area contributed by atoms with E-state index >= 15 is 0 Å². The molecule has 4 nitrogen and oxygen atoms in total. The Morgan fingerprint density at radius 1 is 0.895 bits per heavy atom. The van der Waals surface area contributed by atoms with Crippen molar-refractivity contribution in [3.8, 4) is 0 Å². The molecule has 0 fully saturated rings. The number of hydrogen-bond acceptors (Lipinski definition) is 3. The molecule has 5 aromatic rings. The molecule has 2 aromatic heterocycles. The number of aryl methyl sites for hydroxylation is 2. The van der Waals surface area contributed by atoms with E-state index in [0.29, 0.717) is 39.2 Å². The first kappa shape index (κ1) is 26.2. The van der Waals surface area contributed by atoms with E-state index < -0.39 is 17.3 Å². The highest BCUT2D eigenvalue weighted by Crippen LogP contribution is 2.41. The maximum absolute atomic E-state index is 13.2. The van der Waals surface area contributed by atoms with Gasteiger partial charge in [0.15, 0.2) is 5.60 Å². The van der Waals surface area contributed by atoms with Crippen LogP contribution in [0, 0.1) is 6.92 Å². The van der Waals surface area contributed by atoms with Gasteiger partial charge in [-0.1, -0.05) is 71.2 Å². The van der Waals surface area contributed by atoms with Gasteiger partial charge >= 0.3 is 6.18 Å². The molecule has 0 saturated carbocycles. The lowest BCUT2D eigenvalue weighted by molar-refractivity contribution is -0.137. The van der Waals surface area contributed by atoms with Crippen molar-refractivity contribution in [2.75, 3.05) is 0 Å². The summed E-state index contributed by atoms with van der Waals surface area (Å²) in [6.07, 6.45) is -1.06. The fourth-order valence-electron chi connectivity index (χ4n) is 4.59. The number of alkyl halides is 3. The van der Waals surface area contributed by atoms with E-state index in [1.807, 2.05) is 31.2 Å². The Bertz CT molecular complexity index is 1630. The van der Waals surface area contributed by atoms with E-state index in [-0.39, 0.29) is 10.7 Å². The van der Waals surface area contributed by atoms with Gasteiger partial charge in [-0.15, -0.1) is 0 Å². The van der Waals surface area contributed by atoms with Gasteiger partial charge in [-0.2, -0.15) is 13.2 Å². The van der Waals surface area contributed by atoms with Gasteiger partial charge in [0.1, 0.15) is 5.15 Å². The van der Waals surface area contributed by atoms with Crippen LogP contribution in [0.1, 0.15) is 39.1 Å². The Balaban J connectivity index is 1.68. The van der Waals surface area contributed by atoms with Crippen molar-refractivity contribution >= 4 is 34.1 Å². The van der Waals surface area contributed by atoms with Crippen molar-refractivity contribution < 1.29 is 18.3 Å². The highest BCUT2D eigenvalue weighted by Gasteiger charge is 2.38. The number of imidazole rings is 1. The summed E-state index contributed by atoms with van der Waals surface area (Å²) >= 11 is 13.4. The number of halogens is 5. The Morgan fingerprint density at radius 3 is 2.13 bits per heavy atom. The normalized spacial score (nSPS) is 13.6. The molecule has 1 N–H and O–H groups in total. The zero-order valence-electron chi connectivity index (χ0n) is 20.4. The van der Waals surface area contributed by atoms with Crippen molar-refractivity contribution in [3.63, 3.8) is 0 Å². The minimum absolute atomic E-state index is 0.242. The van der Waals surface area contributed by atoms with Crippen molar-refractivity contribution in [3.05, 3.63) is 129 Å². The predicted molar refractivity (Wildman–Crippen MR) is 143 cm³/mol. The van der Waals surface area contributed by atoms with E-state index in [0.717, 1.165) is 23.3 Å². The fraction of sp³-hybridized carbons (Fsp3) is 0.172. The van der Waals surface area contributed by atoms with Gasteiger partial charge in [-0.25, -0.2) is 9.97 Å². The molecule has 0 aliphatic carbocycles. The molecular weight excluding hydrogens is 534 g/mol. The molecule has 1 atom stereocenters. The average molecular weight is 556 g/mol. The lowest BCUT2D eigenvalue weighted by atomic mass is 9.82. The summed E-state index contributed by atoms with van der Waals surface area (Å²) in [5, 5.41) is 13.4. The van der Waals surface area contributed by atoms with Crippen LogP contribution >= 0.6 is 23.2 Å². The van der Waals surface area contributed by atoms with E-state index in [9.17, 15) is 18.3 Å². The molecule has 0 saturated heterocycles. The first-order valence-corrected chi connectivity index (χ1v) is 12.4. The minimum Gasteiger partial charge on any atom is -0.374 e. The van der Waals surface area contributed by atoms with Crippen molar-refractivity contribution in [1.82, 2.24) is 14.5 Å². The van der Waals surface area contributed by atoms with E-state index in [1.165, 1.54) is 24.7 Å². The summed E-state index contributed by atoms with van der Waals surface area (Å²) in [5.74, 6) is 0. The van der Waals surface area contributed by atoms with E-state index in [4.69, 9.17) is 23.2 Å². The summed E-state index contributed by atoms with van der Waals surface area (Å²) in [6.45, 7) is 2.00. The third-order valence-corrected chi connectivity index (χ3v) is 7.45. The topological polar surface area (TPSA) is 50.9 Å². The number of nitrogens with zero attached hydrogens (tertiary/aromatic N) is 3. The molecule has 38 heavy (non-hydrogen) atoms. The Morgan fingerprint density at radius 2 is 1.53 bits per heavy atom. The van der Waals surface area contributed by atoms with Gasteiger partial charge in [-0.05, 0) is 47.9 Å². The molecule has 1 unspecified atom stereocenters. The molecule has 9 heteroatoms. The SMILES string of the molecule is Cc1ccc(Cc2c(Cl)nc3ccc(C(O)(c4ccc(C(F)(F)F)cc4)c4cncn4C)cc3c2Cl)cc1. The molecule has 0 aliphatic rings. The Labute approximate surface area is 227 Å². The molecular formula is C29H22Cl2F3N3O. The maximum Gasteiger partial charge on any atom is 0.416 e. The van der Waals surface area contributed by atoms with Crippen LogP contribution in [-0.4, -0.2) is 19.6 Å². The van der Waals surface area contributed by atoms with Crippen LogP contribution < -0.4 is 0 Å². The summed E-state index contributed by atoms with van der Waals surface area (Å²) in [6, 6.07) is 17.5. The largest absolute Gasteiger partial charge is 0.416 e. The Kier molecular flexibility index (Phi) is 6.71. The molecule has 5 rings (SSSR count). The van der Waals surface area contributed by atoms with Crippen molar-refractivity contribution in [1.29, 1.82) is 0 Å². The quantitative estimate of drug-likeness (QED) is 0.229. The van der Waals surface area contributed by atoms with Gasteiger partial charge in [0, 0.05) is 24.4 Å². The van der Waals surface area contributed by atoms with Crippen LogP contribution in [-0.2, 0) is 25.2 Å². The van der Waals surface area contributed by atoms with Crippen LogP contribution in [0.2, 0.25) is 10.2 Å². The maximum atomic E-state index is 13.2. The molecule has 194 valence electrons. The summed E-state index contributed by atoms with van der Waals surface area (Å²) in [5.41, 5.74) is 1.66. The molecule has 0 bridgehead atoms. The van der Waals surface area contributed by atoms with E-state index in [1.54, 1.807) is 29.8 Å². The molecule has 2 heterocycles. The second kappa shape index (κ2) is 9.73. The molecule has 0 spiro atoms. The number of pyridine rings is 1. The zero-order valence-corrected chi connectivity index (χ0v) is 21.9. The van der Waals surface area contributed by atoms with Crippen molar-refractivity contribution in [2.24, 2.45) is 7.05 Å². The summed E-state index contributed by atoms with van der Waals surface area (Å²) in [7, 11) is 1.70. The molecule has 0 radical (unpaired) electrons. The minimum atomic E-state index is -4.50. The van der Waals surface area contributed by atoms with Crippen LogP contribution in [0.3, 0.4) is 0 Å². The summed E-state index contributed by atoms with van der Waals surface area (Å²) < 4.78 is 41.3. The number of aromatic nitrogens is 3. The number of aliphatic hydroxyl groups is 1. The molecule has 0 amide bonds. The third-order valence-electron chi connectivity index (χ3n) is 6.70. The van der Waals surface area contributed by atoms with Crippen molar-refractivity contribution in [2.45, 2.75) is 25.1 Å². The van der Waals surface area contributed by atoms with Crippen LogP contribution in [0.25, 0.3) is 10.9 Å². The first-order chi connectivity index (χ1) is 18.0. The fourth-order valence-corrected chi connectivity index (χ4v) is 5.20. The van der Waals surface area contributed by atoms with E-state index in [2.05, 4.69) is 9.97 Å². The third kappa shape index (κ3) is 4.66. The number of hydrogen-bond donors (Lipinski definition) is 1. The Hall–Kier alpha value is -3.39. The van der Waals surface area contributed by atoms with Gasteiger partial charge < -0.3 is 9.67 Å². The molecule has 3 aromatic carbocycles. The summed E-state index contributed by atoms with van der Waals surface area (Å²) in [4.78, 5) is 8.64. The van der Waals surface area contributed by atoms with Gasteiger partial charge in [0.2, 0.25) is 0 Å². The lowest BCUT2D eigenvalue weighted by Crippen LogP contribution is -2.31. The van der Waals surface area contributed by atoms with Gasteiger partial charge in [0.05, 0.1) is 34.3 Å².